The van der Waals surface area contributed by atoms with E-state index >= 15 is 0 Å². The number of anilines is 1. The zero-order valence-electron chi connectivity index (χ0n) is 11.8. The van der Waals surface area contributed by atoms with Crippen molar-refractivity contribution in [2.45, 2.75) is 13.1 Å². The van der Waals surface area contributed by atoms with Crippen molar-refractivity contribution >= 4 is 48.9 Å². The third-order valence-corrected chi connectivity index (χ3v) is 5.28. The Bertz CT molecular complexity index is 668. The maximum atomic E-state index is 12.2. The maximum Gasteiger partial charge on any atom is 0.283 e. The van der Waals surface area contributed by atoms with Crippen LogP contribution in [-0.4, -0.2) is 35.3 Å². The second-order valence-electron chi connectivity index (χ2n) is 4.79. The predicted molar refractivity (Wildman–Crippen MR) is 94.1 cm³/mol. The minimum Gasteiger partial charge on any atom is -0.378 e. The fourth-order valence-corrected chi connectivity index (χ4v) is 3.51. The normalized spacial score (nSPS) is 11.1. The summed E-state index contributed by atoms with van der Waals surface area (Å²) in [5, 5.41) is 9.47. The average Bonchev–Trinajstić information content (AvgIpc) is 2.85. The lowest BCUT2D eigenvalue weighted by Gasteiger charge is -2.12. The van der Waals surface area contributed by atoms with Gasteiger partial charge in [0.1, 0.15) is 4.47 Å². The van der Waals surface area contributed by atoms with Crippen LogP contribution in [0.4, 0.5) is 5.69 Å². The lowest BCUT2D eigenvalue weighted by Crippen LogP contribution is -2.29. The highest BCUT2D eigenvalue weighted by molar-refractivity contribution is 9.10. The zero-order valence-corrected chi connectivity index (χ0v) is 15.8. The molecule has 2 heterocycles. The topological polar surface area (TPSA) is 50.2 Å². The monoisotopic (exact) mass is 434 g/mol. The standard InChI is InChI=1S/C13H16Br2N4OS/c1-18(2)3-4-19-13(20)12(15)11(7-17-19)16-6-10-5-9(14)8-21-10/h5,7-8,16H,3-4,6H2,1-2H3. The molecular formula is C13H16Br2N4OS. The summed E-state index contributed by atoms with van der Waals surface area (Å²) >= 11 is 8.45. The first-order chi connectivity index (χ1) is 9.97. The summed E-state index contributed by atoms with van der Waals surface area (Å²) < 4.78 is 3.06. The average molecular weight is 436 g/mol. The minimum atomic E-state index is -0.116. The van der Waals surface area contributed by atoms with Crippen molar-refractivity contribution in [2.24, 2.45) is 0 Å². The Hall–Kier alpha value is -0.700. The molecule has 114 valence electrons. The summed E-state index contributed by atoms with van der Waals surface area (Å²) in [7, 11) is 3.93. The van der Waals surface area contributed by atoms with Crippen LogP contribution < -0.4 is 10.9 Å². The summed E-state index contributed by atoms with van der Waals surface area (Å²) in [6.45, 7) is 2.01. The fourth-order valence-electron chi connectivity index (χ4n) is 1.67. The quantitative estimate of drug-likeness (QED) is 0.757. The Kier molecular flexibility index (Phi) is 5.98. The van der Waals surface area contributed by atoms with Gasteiger partial charge in [-0.1, -0.05) is 0 Å². The van der Waals surface area contributed by atoms with E-state index in [0.717, 1.165) is 11.0 Å². The number of aromatic nitrogens is 2. The number of rotatable bonds is 6. The van der Waals surface area contributed by atoms with Gasteiger partial charge in [-0.25, -0.2) is 4.68 Å². The number of thiophene rings is 1. The molecular weight excluding hydrogens is 420 g/mol. The molecule has 1 N–H and O–H groups in total. The largest absolute Gasteiger partial charge is 0.378 e. The maximum absolute atomic E-state index is 12.2. The lowest BCUT2D eigenvalue weighted by atomic mass is 10.4. The van der Waals surface area contributed by atoms with Gasteiger partial charge >= 0.3 is 0 Å². The number of nitrogens with one attached hydrogen (secondary N) is 1. The Morgan fingerprint density at radius 2 is 2.19 bits per heavy atom. The second-order valence-corrected chi connectivity index (χ2v) is 7.49. The van der Waals surface area contributed by atoms with E-state index in [2.05, 4.69) is 48.3 Å². The molecule has 0 aliphatic rings. The molecule has 2 rings (SSSR count). The first kappa shape index (κ1) is 16.7. The van der Waals surface area contributed by atoms with E-state index in [1.54, 1.807) is 17.5 Å². The highest BCUT2D eigenvalue weighted by Gasteiger charge is 2.09. The van der Waals surface area contributed by atoms with Crippen LogP contribution in [-0.2, 0) is 13.1 Å². The van der Waals surface area contributed by atoms with Crippen LogP contribution in [0.15, 0.2) is 31.4 Å². The van der Waals surface area contributed by atoms with Gasteiger partial charge in [-0.05, 0) is 52.0 Å². The van der Waals surface area contributed by atoms with Crippen molar-refractivity contribution in [3.8, 4) is 0 Å². The van der Waals surface area contributed by atoms with Gasteiger partial charge in [0.15, 0.2) is 0 Å². The van der Waals surface area contributed by atoms with Gasteiger partial charge in [-0.15, -0.1) is 11.3 Å². The van der Waals surface area contributed by atoms with Gasteiger partial charge in [-0.3, -0.25) is 4.79 Å². The van der Waals surface area contributed by atoms with Crippen molar-refractivity contribution in [3.63, 3.8) is 0 Å². The highest BCUT2D eigenvalue weighted by Crippen LogP contribution is 2.22. The summed E-state index contributed by atoms with van der Waals surface area (Å²) in [4.78, 5) is 15.4. The summed E-state index contributed by atoms with van der Waals surface area (Å²) in [5.41, 5.74) is 0.597. The van der Waals surface area contributed by atoms with Gasteiger partial charge < -0.3 is 10.2 Å². The molecule has 5 nitrogen and oxygen atoms in total. The molecule has 0 saturated carbocycles. The van der Waals surface area contributed by atoms with Crippen molar-refractivity contribution in [2.75, 3.05) is 26.0 Å². The molecule has 0 amide bonds. The predicted octanol–water partition coefficient (Wildman–Crippen LogP) is 3.00. The zero-order chi connectivity index (χ0) is 15.4. The van der Waals surface area contributed by atoms with E-state index < -0.39 is 0 Å². The van der Waals surface area contributed by atoms with Gasteiger partial charge in [-0.2, -0.15) is 5.10 Å². The summed E-state index contributed by atoms with van der Waals surface area (Å²) in [5.74, 6) is 0. The number of hydrogen-bond donors (Lipinski definition) is 1. The van der Waals surface area contributed by atoms with Gasteiger partial charge in [0.25, 0.3) is 5.56 Å². The molecule has 0 radical (unpaired) electrons. The van der Waals surface area contributed by atoms with Crippen LogP contribution in [0.25, 0.3) is 0 Å². The molecule has 0 aliphatic carbocycles. The van der Waals surface area contributed by atoms with E-state index in [1.165, 1.54) is 9.56 Å². The van der Waals surface area contributed by atoms with Crippen LogP contribution in [0.2, 0.25) is 0 Å². The van der Waals surface area contributed by atoms with Crippen LogP contribution in [0.3, 0.4) is 0 Å². The highest BCUT2D eigenvalue weighted by atomic mass is 79.9. The van der Waals surface area contributed by atoms with Gasteiger partial charge in [0.05, 0.1) is 18.4 Å². The summed E-state index contributed by atoms with van der Waals surface area (Å²) in [6, 6.07) is 2.05. The minimum absolute atomic E-state index is 0.116. The first-order valence-electron chi connectivity index (χ1n) is 6.34. The van der Waals surface area contributed by atoms with E-state index in [4.69, 9.17) is 0 Å². The lowest BCUT2D eigenvalue weighted by molar-refractivity contribution is 0.367. The van der Waals surface area contributed by atoms with Crippen LogP contribution in [0.1, 0.15) is 4.88 Å². The van der Waals surface area contributed by atoms with Crippen LogP contribution in [0.5, 0.6) is 0 Å². The Morgan fingerprint density at radius 3 is 2.81 bits per heavy atom. The molecule has 0 saturated heterocycles. The number of hydrogen-bond acceptors (Lipinski definition) is 5. The van der Waals surface area contributed by atoms with E-state index in [0.29, 0.717) is 23.2 Å². The van der Waals surface area contributed by atoms with Gasteiger partial charge in [0.2, 0.25) is 0 Å². The number of likely N-dealkylation sites (N-methyl/N-ethyl adjacent to an activating group) is 1. The molecule has 0 bridgehead atoms. The second kappa shape index (κ2) is 7.53. The third-order valence-electron chi connectivity index (χ3n) is 2.82. The Labute approximate surface area is 144 Å². The van der Waals surface area contributed by atoms with Crippen LogP contribution in [0, 0.1) is 0 Å². The molecule has 21 heavy (non-hydrogen) atoms. The smallest absolute Gasteiger partial charge is 0.283 e. The van der Waals surface area contributed by atoms with Crippen molar-refractivity contribution in [1.82, 2.24) is 14.7 Å². The Morgan fingerprint density at radius 1 is 1.43 bits per heavy atom. The molecule has 0 fully saturated rings. The molecule has 0 spiro atoms. The van der Waals surface area contributed by atoms with E-state index in [9.17, 15) is 4.79 Å². The van der Waals surface area contributed by atoms with E-state index in [1.807, 2.05) is 24.4 Å². The molecule has 0 aliphatic heterocycles. The number of nitrogens with zero attached hydrogens (tertiary/aromatic N) is 3. The fraction of sp³-hybridized carbons (Fsp3) is 0.385. The SMILES string of the molecule is CN(C)CCn1ncc(NCc2cc(Br)cs2)c(Br)c1=O. The van der Waals surface area contributed by atoms with Crippen molar-refractivity contribution in [1.29, 1.82) is 0 Å². The first-order valence-corrected chi connectivity index (χ1v) is 8.81. The molecule has 2 aromatic rings. The van der Waals surface area contributed by atoms with Crippen molar-refractivity contribution < 1.29 is 0 Å². The molecule has 0 atom stereocenters. The molecule has 2 aromatic heterocycles. The Balaban J connectivity index is 2.07. The molecule has 0 aromatic carbocycles. The summed E-state index contributed by atoms with van der Waals surface area (Å²) in [6.07, 6.45) is 1.68. The number of halogens is 2. The molecule has 8 heteroatoms. The molecule has 0 unspecified atom stereocenters. The van der Waals surface area contributed by atoms with Gasteiger partial charge in [0, 0.05) is 27.8 Å². The third kappa shape index (κ3) is 4.64. The van der Waals surface area contributed by atoms with Crippen molar-refractivity contribution in [3.05, 3.63) is 41.8 Å². The van der Waals surface area contributed by atoms with E-state index in [-0.39, 0.29) is 5.56 Å². The van der Waals surface area contributed by atoms with Crippen LogP contribution >= 0.6 is 43.2 Å².